The molecule has 1 atom stereocenters. The van der Waals surface area contributed by atoms with Crippen molar-refractivity contribution in [2.24, 2.45) is 5.41 Å². The van der Waals surface area contributed by atoms with Crippen LogP contribution in [-0.2, 0) is 4.79 Å². The second-order valence-electron chi connectivity index (χ2n) is 4.79. The molecule has 0 heterocycles. The number of carboxylic acids is 1. The molecule has 0 saturated heterocycles. The molecule has 0 aliphatic rings. The van der Waals surface area contributed by atoms with Crippen molar-refractivity contribution in [2.75, 3.05) is 18.1 Å². The van der Waals surface area contributed by atoms with Crippen LogP contribution in [0.5, 0.6) is 0 Å². The van der Waals surface area contributed by atoms with E-state index < -0.39 is 23.5 Å². The smallest absolute Gasteiger partial charge is 0.326 e. The number of urea groups is 1. The van der Waals surface area contributed by atoms with Crippen LogP contribution in [0.25, 0.3) is 0 Å². The molecule has 0 unspecified atom stereocenters. The molecule has 0 aromatic rings. The van der Waals surface area contributed by atoms with Crippen LogP contribution in [0, 0.1) is 17.8 Å². The third-order valence-corrected chi connectivity index (χ3v) is 2.97. The van der Waals surface area contributed by atoms with Crippen LogP contribution in [0.15, 0.2) is 0 Å². The minimum Gasteiger partial charge on any atom is -0.480 e. The predicted octanol–water partition coefficient (Wildman–Crippen LogP) is 1.15. The monoisotopic (exact) mass is 272 g/mol. The van der Waals surface area contributed by atoms with E-state index in [1.165, 1.54) is 11.8 Å². The summed E-state index contributed by atoms with van der Waals surface area (Å²) in [5.41, 5.74) is -0.540. The van der Waals surface area contributed by atoms with E-state index in [0.29, 0.717) is 18.1 Å². The number of nitrogens with one attached hydrogen (secondary N) is 2. The highest BCUT2D eigenvalue weighted by Crippen LogP contribution is 2.19. The molecule has 18 heavy (non-hydrogen) atoms. The molecule has 2 amide bonds. The Balaban J connectivity index is 4.06. The lowest BCUT2D eigenvalue weighted by molar-refractivity contribution is -0.141. The van der Waals surface area contributed by atoms with Gasteiger partial charge >= 0.3 is 12.0 Å². The summed E-state index contributed by atoms with van der Waals surface area (Å²) < 4.78 is 0. The van der Waals surface area contributed by atoms with Gasteiger partial charge < -0.3 is 15.7 Å². The zero-order valence-electron chi connectivity index (χ0n) is 10.9. The number of amides is 2. The van der Waals surface area contributed by atoms with Gasteiger partial charge in [-0.3, -0.25) is 0 Å². The number of carbonyl (C=O) groups is 2. The van der Waals surface area contributed by atoms with Gasteiger partial charge in [0.25, 0.3) is 0 Å². The van der Waals surface area contributed by atoms with Crippen molar-refractivity contribution in [3.8, 4) is 12.3 Å². The summed E-state index contributed by atoms with van der Waals surface area (Å²) in [6.45, 7) is 5.73. The molecule has 6 heteroatoms. The first-order valence-electron chi connectivity index (χ1n) is 5.57. The Bertz CT molecular complexity index is 331. The van der Waals surface area contributed by atoms with Crippen LogP contribution in [0.1, 0.15) is 20.8 Å². The number of thioether (sulfide) groups is 1. The summed E-state index contributed by atoms with van der Waals surface area (Å²) in [5, 5.41) is 14.1. The number of aliphatic carboxylic acids is 1. The summed E-state index contributed by atoms with van der Waals surface area (Å²) in [4.78, 5) is 22.5. The van der Waals surface area contributed by atoms with Gasteiger partial charge in [-0.2, -0.15) is 0 Å². The lowest BCUT2D eigenvalue weighted by Crippen LogP contribution is -2.52. The first-order valence-corrected chi connectivity index (χ1v) is 6.73. The Kier molecular flexibility index (Phi) is 7.29. The van der Waals surface area contributed by atoms with Crippen molar-refractivity contribution >= 4 is 23.8 Å². The highest BCUT2D eigenvalue weighted by Gasteiger charge is 2.32. The van der Waals surface area contributed by atoms with Gasteiger partial charge in [-0.05, 0) is 5.41 Å². The van der Waals surface area contributed by atoms with Gasteiger partial charge in [0, 0.05) is 12.3 Å². The molecule has 102 valence electrons. The molecule has 0 spiro atoms. The van der Waals surface area contributed by atoms with Crippen molar-refractivity contribution in [1.29, 1.82) is 0 Å². The molecule has 5 nitrogen and oxygen atoms in total. The topological polar surface area (TPSA) is 78.4 Å². The molecule has 0 aliphatic heterocycles. The van der Waals surface area contributed by atoms with Crippen LogP contribution < -0.4 is 10.6 Å². The molecule has 3 N–H and O–H groups in total. The van der Waals surface area contributed by atoms with Gasteiger partial charge in [-0.15, -0.1) is 18.2 Å². The van der Waals surface area contributed by atoms with E-state index in [2.05, 4.69) is 16.6 Å². The first-order chi connectivity index (χ1) is 8.29. The van der Waals surface area contributed by atoms with E-state index in [1.54, 1.807) is 20.8 Å². The predicted molar refractivity (Wildman–Crippen MR) is 73.6 cm³/mol. The maximum atomic E-state index is 11.5. The Morgan fingerprint density at radius 1 is 1.44 bits per heavy atom. The largest absolute Gasteiger partial charge is 0.480 e. The van der Waals surface area contributed by atoms with Crippen LogP contribution >= 0.6 is 11.8 Å². The van der Waals surface area contributed by atoms with Crippen molar-refractivity contribution in [2.45, 2.75) is 26.8 Å². The van der Waals surface area contributed by atoms with Crippen LogP contribution in [0.4, 0.5) is 4.79 Å². The van der Waals surface area contributed by atoms with E-state index in [4.69, 9.17) is 11.5 Å². The summed E-state index contributed by atoms with van der Waals surface area (Å²) >= 11 is 1.53. The van der Waals surface area contributed by atoms with Crippen molar-refractivity contribution in [3.63, 3.8) is 0 Å². The fraction of sp³-hybridized carbons (Fsp3) is 0.667. The van der Waals surface area contributed by atoms with Gasteiger partial charge in [0.2, 0.25) is 0 Å². The van der Waals surface area contributed by atoms with Gasteiger partial charge in [0.05, 0.1) is 5.75 Å². The summed E-state index contributed by atoms with van der Waals surface area (Å²) in [7, 11) is 0. The Morgan fingerprint density at radius 2 is 2.06 bits per heavy atom. The number of rotatable bonds is 6. The molecule has 0 aromatic heterocycles. The number of carbonyl (C=O) groups excluding carboxylic acids is 1. The number of terminal acetylenes is 1. The number of hydrogen-bond donors (Lipinski definition) is 3. The highest BCUT2D eigenvalue weighted by molar-refractivity contribution is 7.99. The standard InChI is InChI=1S/C12H20N2O3S/c1-5-7-18-8-6-13-11(17)14-9(10(15)16)12(2,3)4/h1,9H,6-8H2,2-4H3,(H,15,16)(H2,13,14,17)/t9-/m1/s1. The fourth-order valence-corrected chi connectivity index (χ4v) is 1.71. The Morgan fingerprint density at radius 3 is 2.50 bits per heavy atom. The maximum Gasteiger partial charge on any atom is 0.326 e. The second kappa shape index (κ2) is 7.88. The maximum absolute atomic E-state index is 11.5. The Hall–Kier alpha value is -1.35. The van der Waals surface area contributed by atoms with Crippen LogP contribution in [0.3, 0.4) is 0 Å². The second-order valence-corrected chi connectivity index (χ2v) is 5.90. The zero-order valence-corrected chi connectivity index (χ0v) is 11.8. The summed E-state index contributed by atoms with van der Waals surface area (Å²) in [6.07, 6.45) is 5.08. The van der Waals surface area contributed by atoms with E-state index >= 15 is 0 Å². The zero-order chi connectivity index (χ0) is 14.2. The lowest BCUT2D eigenvalue weighted by atomic mass is 9.87. The van der Waals surface area contributed by atoms with E-state index in [9.17, 15) is 9.59 Å². The Labute approximate surface area is 112 Å². The van der Waals surface area contributed by atoms with Crippen molar-refractivity contribution < 1.29 is 14.7 Å². The molecule has 0 bridgehead atoms. The molecule has 0 radical (unpaired) electrons. The normalized spacial score (nSPS) is 12.3. The third-order valence-electron chi connectivity index (χ3n) is 2.11. The van der Waals surface area contributed by atoms with Crippen molar-refractivity contribution in [1.82, 2.24) is 10.6 Å². The molecule has 0 aliphatic carbocycles. The van der Waals surface area contributed by atoms with E-state index in [1.807, 2.05) is 0 Å². The summed E-state index contributed by atoms with van der Waals surface area (Å²) in [6, 6.07) is -1.39. The van der Waals surface area contributed by atoms with Gasteiger partial charge in [-0.1, -0.05) is 26.7 Å². The average Bonchev–Trinajstić information content (AvgIpc) is 2.23. The van der Waals surface area contributed by atoms with E-state index in [0.717, 1.165) is 0 Å². The van der Waals surface area contributed by atoms with Gasteiger partial charge in [0.15, 0.2) is 0 Å². The minimum absolute atomic E-state index is 0.453. The van der Waals surface area contributed by atoms with Crippen LogP contribution in [0.2, 0.25) is 0 Å². The van der Waals surface area contributed by atoms with Crippen LogP contribution in [-0.4, -0.2) is 41.2 Å². The van der Waals surface area contributed by atoms with Crippen molar-refractivity contribution in [3.05, 3.63) is 0 Å². The molecule has 0 saturated carbocycles. The minimum atomic E-state index is -1.04. The van der Waals surface area contributed by atoms with Gasteiger partial charge in [0.1, 0.15) is 6.04 Å². The molecule has 0 rings (SSSR count). The fourth-order valence-electron chi connectivity index (χ4n) is 1.20. The summed E-state index contributed by atoms with van der Waals surface area (Å²) in [5.74, 6) is 2.74. The lowest BCUT2D eigenvalue weighted by Gasteiger charge is -2.27. The molecule has 0 fully saturated rings. The molecular formula is C12H20N2O3S. The average molecular weight is 272 g/mol. The van der Waals surface area contributed by atoms with Gasteiger partial charge in [-0.25, -0.2) is 9.59 Å². The molecule has 0 aromatic carbocycles. The number of hydrogen-bond acceptors (Lipinski definition) is 3. The SMILES string of the molecule is C#CCSCCNC(=O)N[C@H](C(=O)O)C(C)(C)C. The first kappa shape index (κ1) is 16.6. The molecular weight excluding hydrogens is 252 g/mol. The number of carboxylic acid groups (broad SMARTS) is 1. The van der Waals surface area contributed by atoms with E-state index in [-0.39, 0.29) is 0 Å². The quantitative estimate of drug-likeness (QED) is 0.501. The third kappa shape index (κ3) is 7.07. The highest BCUT2D eigenvalue weighted by atomic mass is 32.2.